The van der Waals surface area contributed by atoms with Gasteiger partial charge >= 0.3 is 0 Å². The Bertz CT molecular complexity index is 275. The molecule has 1 aliphatic heterocycles. The number of sulfone groups is 1. The van der Waals surface area contributed by atoms with E-state index in [0.29, 0.717) is 26.1 Å². The first-order chi connectivity index (χ1) is 5.99. The minimum absolute atomic E-state index is 0.108. The number of carbonyl (C=O) groups excluding carboxylic acids is 1. The van der Waals surface area contributed by atoms with Crippen LogP contribution in [0.4, 0.5) is 0 Å². The normalized spacial score (nSPS) is 20.1. The van der Waals surface area contributed by atoms with Crippen LogP contribution in [0.15, 0.2) is 0 Å². The van der Waals surface area contributed by atoms with Crippen LogP contribution < -0.4 is 0 Å². The van der Waals surface area contributed by atoms with Crippen LogP contribution in [0.5, 0.6) is 0 Å². The van der Waals surface area contributed by atoms with Crippen molar-refractivity contribution in [1.29, 1.82) is 0 Å². The topological polar surface area (TPSA) is 60.4 Å². The Morgan fingerprint density at radius 1 is 1.38 bits per heavy atom. The van der Waals surface area contributed by atoms with Crippen molar-refractivity contribution in [2.45, 2.75) is 12.8 Å². The van der Waals surface area contributed by atoms with Gasteiger partial charge in [0.15, 0.2) is 15.6 Å². The number of Topliss-reactive ketones (excluding diaryl/α,β-unsaturated/α-hetero) is 1. The summed E-state index contributed by atoms with van der Waals surface area (Å²) in [7, 11) is -3.16. The standard InChI is InChI=1S/C8H14O4S/c1-13(10,11)6-8(9)7-2-4-12-5-3-7/h7H,2-6H2,1H3. The Hall–Kier alpha value is -0.420. The van der Waals surface area contributed by atoms with Crippen LogP contribution in [0.3, 0.4) is 0 Å². The van der Waals surface area contributed by atoms with Crippen molar-refractivity contribution in [2.24, 2.45) is 5.92 Å². The summed E-state index contributed by atoms with van der Waals surface area (Å²) in [4.78, 5) is 11.4. The van der Waals surface area contributed by atoms with Crippen LogP contribution in [0.1, 0.15) is 12.8 Å². The van der Waals surface area contributed by atoms with E-state index < -0.39 is 9.84 Å². The first-order valence-electron chi connectivity index (χ1n) is 4.27. The third-order valence-electron chi connectivity index (χ3n) is 2.08. The zero-order chi connectivity index (χ0) is 9.90. The molecule has 1 saturated heterocycles. The molecule has 0 radical (unpaired) electrons. The molecule has 0 spiro atoms. The van der Waals surface area contributed by atoms with Crippen LogP contribution in [0.2, 0.25) is 0 Å². The highest BCUT2D eigenvalue weighted by atomic mass is 32.2. The summed E-state index contributed by atoms with van der Waals surface area (Å²) < 4.78 is 26.7. The average Bonchev–Trinajstić information content (AvgIpc) is 2.03. The summed E-state index contributed by atoms with van der Waals surface area (Å²) in [6.07, 6.45) is 2.41. The molecule has 0 aliphatic carbocycles. The molecule has 0 unspecified atom stereocenters. The number of rotatable bonds is 3. The van der Waals surface area contributed by atoms with Crippen molar-refractivity contribution in [1.82, 2.24) is 0 Å². The fourth-order valence-corrected chi connectivity index (χ4v) is 2.15. The first kappa shape index (κ1) is 10.7. The highest BCUT2D eigenvalue weighted by molar-refractivity contribution is 7.91. The van der Waals surface area contributed by atoms with Gasteiger partial charge in [0.2, 0.25) is 0 Å². The molecule has 4 nitrogen and oxygen atoms in total. The molecule has 0 aromatic carbocycles. The van der Waals surface area contributed by atoms with Crippen molar-refractivity contribution in [3.8, 4) is 0 Å². The van der Waals surface area contributed by atoms with Crippen LogP contribution in [0, 0.1) is 5.92 Å². The Morgan fingerprint density at radius 3 is 2.38 bits per heavy atom. The molecule has 0 aromatic heterocycles. The SMILES string of the molecule is CS(=O)(=O)CC(=O)C1CCOCC1. The van der Waals surface area contributed by atoms with Gasteiger partial charge in [0.1, 0.15) is 5.75 Å². The number of ketones is 1. The molecule has 0 saturated carbocycles. The largest absolute Gasteiger partial charge is 0.381 e. The smallest absolute Gasteiger partial charge is 0.154 e. The summed E-state index contributed by atoms with van der Waals surface area (Å²) >= 11 is 0. The summed E-state index contributed by atoms with van der Waals surface area (Å²) in [5.74, 6) is -0.591. The zero-order valence-electron chi connectivity index (χ0n) is 7.65. The predicted molar refractivity (Wildman–Crippen MR) is 48.3 cm³/mol. The molecule has 0 N–H and O–H groups in total. The molecule has 1 aliphatic rings. The van der Waals surface area contributed by atoms with Crippen LogP contribution >= 0.6 is 0 Å². The number of carbonyl (C=O) groups is 1. The lowest BCUT2D eigenvalue weighted by atomic mass is 9.96. The number of hydrogen-bond acceptors (Lipinski definition) is 4. The van der Waals surface area contributed by atoms with Gasteiger partial charge in [-0.1, -0.05) is 0 Å². The fraction of sp³-hybridized carbons (Fsp3) is 0.875. The molecule has 0 aromatic rings. The van der Waals surface area contributed by atoms with Gasteiger partial charge in [-0.05, 0) is 12.8 Å². The molecule has 1 heterocycles. The van der Waals surface area contributed by atoms with E-state index >= 15 is 0 Å². The lowest BCUT2D eigenvalue weighted by molar-refractivity contribution is -0.123. The summed E-state index contributed by atoms with van der Waals surface area (Å²) in [6, 6.07) is 0. The van der Waals surface area contributed by atoms with Gasteiger partial charge < -0.3 is 4.74 Å². The van der Waals surface area contributed by atoms with E-state index in [-0.39, 0.29) is 17.5 Å². The molecular weight excluding hydrogens is 192 g/mol. The van der Waals surface area contributed by atoms with Crippen molar-refractivity contribution in [2.75, 3.05) is 25.2 Å². The van der Waals surface area contributed by atoms with Gasteiger partial charge in [-0.25, -0.2) is 8.42 Å². The Morgan fingerprint density at radius 2 is 1.92 bits per heavy atom. The summed E-state index contributed by atoms with van der Waals surface area (Å²) in [6.45, 7) is 1.14. The van der Waals surface area contributed by atoms with E-state index in [1.54, 1.807) is 0 Å². The van der Waals surface area contributed by atoms with Gasteiger partial charge in [-0.2, -0.15) is 0 Å². The Balaban J connectivity index is 2.47. The van der Waals surface area contributed by atoms with Crippen LogP contribution in [-0.4, -0.2) is 39.4 Å². The summed E-state index contributed by atoms with van der Waals surface area (Å²) in [5.41, 5.74) is 0. The van der Waals surface area contributed by atoms with E-state index in [1.165, 1.54) is 0 Å². The lowest BCUT2D eigenvalue weighted by Crippen LogP contribution is -2.28. The second-order valence-electron chi connectivity index (χ2n) is 3.42. The minimum atomic E-state index is -3.16. The molecule has 13 heavy (non-hydrogen) atoms. The summed E-state index contributed by atoms with van der Waals surface area (Å²) in [5, 5.41) is 0. The maximum atomic E-state index is 11.4. The maximum absolute atomic E-state index is 11.4. The van der Waals surface area contributed by atoms with E-state index in [4.69, 9.17) is 4.74 Å². The van der Waals surface area contributed by atoms with E-state index in [9.17, 15) is 13.2 Å². The highest BCUT2D eigenvalue weighted by Gasteiger charge is 2.23. The first-order valence-corrected chi connectivity index (χ1v) is 6.33. The van der Waals surface area contributed by atoms with Crippen LogP contribution in [-0.2, 0) is 19.4 Å². The minimum Gasteiger partial charge on any atom is -0.381 e. The van der Waals surface area contributed by atoms with Crippen molar-refractivity contribution < 1.29 is 17.9 Å². The van der Waals surface area contributed by atoms with Gasteiger partial charge in [0.25, 0.3) is 0 Å². The van der Waals surface area contributed by atoms with Gasteiger partial charge in [-0.15, -0.1) is 0 Å². The van der Waals surface area contributed by atoms with Gasteiger partial charge in [-0.3, -0.25) is 4.79 Å². The highest BCUT2D eigenvalue weighted by Crippen LogP contribution is 2.16. The molecule has 0 atom stereocenters. The Kier molecular flexibility index (Phi) is 3.44. The third kappa shape index (κ3) is 3.87. The molecule has 0 bridgehead atoms. The second kappa shape index (κ2) is 4.19. The molecule has 1 fully saturated rings. The molecular formula is C8H14O4S. The van der Waals surface area contributed by atoms with Crippen molar-refractivity contribution >= 4 is 15.6 Å². The molecule has 5 heteroatoms. The molecule has 76 valence electrons. The molecule has 1 rings (SSSR count). The van der Waals surface area contributed by atoms with Gasteiger partial charge in [0.05, 0.1) is 0 Å². The fourth-order valence-electron chi connectivity index (χ4n) is 1.40. The lowest BCUT2D eigenvalue weighted by Gasteiger charge is -2.20. The number of hydrogen-bond donors (Lipinski definition) is 0. The average molecular weight is 206 g/mol. The number of ether oxygens (including phenoxy) is 1. The van der Waals surface area contributed by atoms with E-state index in [0.717, 1.165) is 6.26 Å². The molecule has 0 amide bonds. The van der Waals surface area contributed by atoms with Gasteiger partial charge in [0, 0.05) is 25.4 Å². The zero-order valence-corrected chi connectivity index (χ0v) is 8.47. The Labute approximate surface area is 78.2 Å². The van der Waals surface area contributed by atoms with Crippen molar-refractivity contribution in [3.63, 3.8) is 0 Å². The van der Waals surface area contributed by atoms with E-state index in [1.807, 2.05) is 0 Å². The second-order valence-corrected chi connectivity index (χ2v) is 5.56. The third-order valence-corrected chi connectivity index (χ3v) is 2.89. The monoisotopic (exact) mass is 206 g/mol. The quantitative estimate of drug-likeness (QED) is 0.653. The van der Waals surface area contributed by atoms with Crippen LogP contribution in [0.25, 0.3) is 0 Å². The van der Waals surface area contributed by atoms with Crippen molar-refractivity contribution in [3.05, 3.63) is 0 Å². The van der Waals surface area contributed by atoms with E-state index in [2.05, 4.69) is 0 Å². The predicted octanol–water partition coefficient (Wildman–Crippen LogP) is 0.0267. The maximum Gasteiger partial charge on any atom is 0.154 e.